The highest BCUT2D eigenvalue weighted by molar-refractivity contribution is 5.89. The van der Waals surface area contributed by atoms with E-state index in [-0.39, 0.29) is 12.1 Å². The Balaban J connectivity index is 1.74. The third-order valence-corrected chi connectivity index (χ3v) is 5.03. The van der Waals surface area contributed by atoms with E-state index in [1.54, 1.807) is 0 Å². The highest BCUT2D eigenvalue weighted by atomic mass is 16.2. The van der Waals surface area contributed by atoms with Gasteiger partial charge >= 0.3 is 6.03 Å². The number of pyridine rings is 1. The second-order valence-electron chi connectivity index (χ2n) is 6.60. The number of carbonyl (C=O) groups excluding carboxylic acids is 1. The molecular formula is C18H24N6O. The van der Waals surface area contributed by atoms with Crippen LogP contribution in [0.4, 0.5) is 10.5 Å². The molecule has 2 aromatic heterocycles. The van der Waals surface area contributed by atoms with Crippen LogP contribution in [0, 0.1) is 17.2 Å². The van der Waals surface area contributed by atoms with E-state index in [9.17, 15) is 4.79 Å². The molecule has 0 aromatic carbocycles. The normalized spacial score (nSPS) is 20.3. The monoisotopic (exact) mass is 340 g/mol. The Hall–Kier alpha value is -2.75. The number of anilines is 1. The van der Waals surface area contributed by atoms with E-state index in [4.69, 9.17) is 5.26 Å². The average Bonchev–Trinajstić information content (AvgIpc) is 3.10. The Labute approximate surface area is 147 Å². The summed E-state index contributed by atoms with van der Waals surface area (Å²) in [7, 11) is 2.08. The summed E-state index contributed by atoms with van der Waals surface area (Å²) < 4.78 is 0. The molecule has 2 N–H and O–H groups in total. The topological polar surface area (TPSA) is 88.1 Å². The highest BCUT2D eigenvalue weighted by Crippen LogP contribution is 2.30. The molecule has 0 saturated carbocycles. The van der Waals surface area contributed by atoms with Gasteiger partial charge in [-0.2, -0.15) is 5.26 Å². The van der Waals surface area contributed by atoms with Gasteiger partial charge in [-0.1, -0.05) is 6.92 Å². The van der Waals surface area contributed by atoms with Gasteiger partial charge in [-0.15, -0.1) is 0 Å². The molecule has 25 heavy (non-hydrogen) atoms. The van der Waals surface area contributed by atoms with Crippen molar-refractivity contribution in [2.45, 2.75) is 25.8 Å². The number of nitrogens with one attached hydrogen (secondary N) is 2. The molecule has 1 aliphatic rings. The summed E-state index contributed by atoms with van der Waals surface area (Å²) in [4.78, 5) is 23.9. The molecular weight excluding hydrogens is 316 g/mol. The maximum atomic E-state index is 12.3. The van der Waals surface area contributed by atoms with Crippen LogP contribution in [0.3, 0.4) is 0 Å². The lowest BCUT2D eigenvalue weighted by atomic mass is 9.92. The molecule has 3 heterocycles. The van der Waals surface area contributed by atoms with Gasteiger partial charge in [-0.3, -0.25) is 0 Å². The molecule has 1 aliphatic heterocycles. The van der Waals surface area contributed by atoms with E-state index in [1.807, 2.05) is 35.5 Å². The molecule has 0 spiro atoms. The van der Waals surface area contributed by atoms with Crippen LogP contribution in [0.25, 0.3) is 11.0 Å². The van der Waals surface area contributed by atoms with Crippen molar-refractivity contribution in [3.05, 3.63) is 24.5 Å². The van der Waals surface area contributed by atoms with Gasteiger partial charge in [0.15, 0.2) is 0 Å². The maximum Gasteiger partial charge on any atom is 0.317 e. The Morgan fingerprint density at radius 3 is 3.20 bits per heavy atom. The quantitative estimate of drug-likeness (QED) is 0.836. The fraction of sp³-hybridized carbons (Fsp3) is 0.500. The van der Waals surface area contributed by atoms with E-state index >= 15 is 0 Å². The largest absolute Gasteiger partial charge is 0.369 e. The minimum atomic E-state index is -0.0814. The highest BCUT2D eigenvalue weighted by Gasteiger charge is 2.32. The number of carbonyl (C=O) groups is 1. The zero-order valence-electron chi connectivity index (χ0n) is 14.7. The number of aromatic nitrogens is 2. The van der Waals surface area contributed by atoms with Crippen molar-refractivity contribution in [2.75, 3.05) is 31.6 Å². The van der Waals surface area contributed by atoms with Gasteiger partial charge in [0, 0.05) is 56.2 Å². The predicted molar refractivity (Wildman–Crippen MR) is 97.3 cm³/mol. The number of aromatic amines is 1. The zero-order valence-corrected chi connectivity index (χ0v) is 14.7. The van der Waals surface area contributed by atoms with Crippen molar-refractivity contribution < 1.29 is 4.79 Å². The number of fused-ring (bicyclic) bond motifs is 1. The molecule has 7 nitrogen and oxygen atoms in total. The van der Waals surface area contributed by atoms with Crippen LogP contribution >= 0.6 is 0 Å². The van der Waals surface area contributed by atoms with Crippen LogP contribution in [-0.4, -0.2) is 53.6 Å². The van der Waals surface area contributed by atoms with Crippen molar-refractivity contribution in [1.29, 1.82) is 5.26 Å². The number of likely N-dealkylation sites (N-methyl/N-ethyl adjacent to an activating group) is 1. The molecule has 7 heteroatoms. The summed E-state index contributed by atoms with van der Waals surface area (Å²) in [6.07, 6.45) is 5.00. The summed E-state index contributed by atoms with van der Waals surface area (Å²) in [5, 5.41) is 12.5. The van der Waals surface area contributed by atoms with Gasteiger partial charge in [-0.05, 0) is 24.5 Å². The van der Waals surface area contributed by atoms with Gasteiger partial charge in [0.2, 0.25) is 0 Å². The Bertz CT molecular complexity index is 779. The number of H-pyrrole nitrogens is 1. The molecule has 2 aromatic rings. The van der Waals surface area contributed by atoms with Crippen LogP contribution in [0.15, 0.2) is 24.5 Å². The second kappa shape index (κ2) is 7.43. The van der Waals surface area contributed by atoms with Gasteiger partial charge in [0.25, 0.3) is 0 Å². The number of rotatable bonds is 4. The van der Waals surface area contributed by atoms with E-state index in [1.165, 1.54) is 0 Å². The standard InChI is InChI=1S/C18H24N6O/c1-13-6-11-24(18(25)22-8-3-7-19)12-16(13)23(2)15-5-10-21-17-14(15)4-9-20-17/h4-5,9-10,13,16H,3,6,8,11-12H2,1-2H3,(H,20,21)(H,22,25)/t13-,16+/m1/s1. The summed E-state index contributed by atoms with van der Waals surface area (Å²) >= 11 is 0. The molecule has 2 amide bonds. The molecule has 0 unspecified atom stereocenters. The minimum absolute atomic E-state index is 0.0814. The van der Waals surface area contributed by atoms with E-state index < -0.39 is 0 Å². The third kappa shape index (κ3) is 3.53. The number of likely N-dealkylation sites (tertiary alicyclic amines) is 1. The molecule has 0 radical (unpaired) electrons. The molecule has 3 rings (SSSR count). The van der Waals surface area contributed by atoms with Crippen LogP contribution in [0.2, 0.25) is 0 Å². The van der Waals surface area contributed by atoms with Crippen molar-refractivity contribution in [3.8, 4) is 6.07 Å². The van der Waals surface area contributed by atoms with Gasteiger partial charge in [0.1, 0.15) is 5.65 Å². The Morgan fingerprint density at radius 1 is 1.56 bits per heavy atom. The van der Waals surface area contributed by atoms with Crippen molar-refractivity contribution in [2.24, 2.45) is 5.92 Å². The van der Waals surface area contributed by atoms with E-state index in [2.05, 4.69) is 34.2 Å². The van der Waals surface area contributed by atoms with E-state index in [0.29, 0.717) is 25.4 Å². The molecule has 132 valence electrons. The maximum absolute atomic E-state index is 12.3. The van der Waals surface area contributed by atoms with Crippen LogP contribution < -0.4 is 10.2 Å². The minimum Gasteiger partial charge on any atom is -0.369 e. The average molecular weight is 340 g/mol. The summed E-state index contributed by atoms with van der Waals surface area (Å²) in [6.45, 7) is 4.06. The number of nitriles is 1. The summed E-state index contributed by atoms with van der Waals surface area (Å²) in [5.74, 6) is 0.482. The summed E-state index contributed by atoms with van der Waals surface area (Å²) in [6, 6.07) is 6.26. The smallest absolute Gasteiger partial charge is 0.317 e. The zero-order chi connectivity index (χ0) is 17.8. The first-order chi connectivity index (χ1) is 12.1. The van der Waals surface area contributed by atoms with Gasteiger partial charge < -0.3 is 20.1 Å². The second-order valence-corrected chi connectivity index (χ2v) is 6.60. The SMILES string of the molecule is C[C@@H]1CCN(C(=O)NCCC#N)C[C@@H]1N(C)c1ccnc2[nH]ccc12. The molecule has 2 atom stereocenters. The lowest BCUT2D eigenvalue weighted by Crippen LogP contribution is -2.54. The molecule has 1 fully saturated rings. The number of urea groups is 1. The van der Waals surface area contributed by atoms with Gasteiger partial charge in [0.05, 0.1) is 12.5 Å². The first-order valence-electron chi connectivity index (χ1n) is 8.66. The number of hydrogen-bond donors (Lipinski definition) is 2. The number of nitrogens with zero attached hydrogens (tertiary/aromatic N) is 4. The number of hydrogen-bond acceptors (Lipinski definition) is 4. The lowest BCUT2D eigenvalue weighted by Gasteiger charge is -2.42. The van der Waals surface area contributed by atoms with E-state index in [0.717, 1.165) is 29.7 Å². The van der Waals surface area contributed by atoms with Crippen LogP contribution in [0.1, 0.15) is 19.8 Å². The van der Waals surface area contributed by atoms with Crippen LogP contribution in [-0.2, 0) is 0 Å². The fourth-order valence-electron chi connectivity index (χ4n) is 3.51. The third-order valence-electron chi connectivity index (χ3n) is 5.03. The molecule has 0 aliphatic carbocycles. The molecule has 1 saturated heterocycles. The molecule has 0 bridgehead atoms. The van der Waals surface area contributed by atoms with Crippen molar-refractivity contribution in [3.63, 3.8) is 0 Å². The Kier molecular flexibility index (Phi) is 5.08. The number of piperidine rings is 1. The summed E-state index contributed by atoms with van der Waals surface area (Å²) in [5.41, 5.74) is 1.99. The first-order valence-corrected chi connectivity index (χ1v) is 8.66. The Morgan fingerprint density at radius 2 is 2.40 bits per heavy atom. The first kappa shape index (κ1) is 17.1. The van der Waals surface area contributed by atoms with Crippen molar-refractivity contribution in [1.82, 2.24) is 20.2 Å². The number of amides is 2. The lowest BCUT2D eigenvalue weighted by molar-refractivity contribution is 0.161. The van der Waals surface area contributed by atoms with Crippen molar-refractivity contribution >= 4 is 22.8 Å². The van der Waals surface area contributed by atoms with Gasteiger partial charge in [-0.25, -0.2) is 9.78 Å². The van der Waals surface area contributed by atoms with Crippen LogP contribution in [0.5, 0.6) is 0 Å². The fourth-order valence-corrected chi connectivity index (χ4v) is 3.51. The predicted octanol–water partition coefficient (Wildman–Crippen LogP) is 2.33.